The first-order chi connectivity index (χ1) is 10.1. The van der Waals surface area contributed by atoms with Crippen LogP contribution in [0.15, 0.2) is 23.1 Å². The summed E-state index contributed by atoms with van der Waals surface area (Å²) >= 11 is 0. The maximum Gasteiger partial charge on any atom is 0.325 e. The maximum atomic E-state index is 12.2. The Labute approximate surface area is 130 Å². The predicted molar refractivity (Wildman–Crippen MR) is 82.0 cm³/mol. The lowest BCUT2D eigenvalue weighted by Crippen LogP contribution is -2.34. The zero-order valence-electron chi connectivity index (χ0n) is 13.1. The molecule has 1 aromatic rings. The molecule has 1 fully saturated rings. The van der Waals surface area contributed by atoms with E-state index in [1.165, 1.54) is 11.0 Å². The van der Waals surface area contributed by atoms with E-state index < -0.39 is 21.9 Å². The smallest absolute Gasteiger partial charge is 0.325 e. The molecular formula is C15H20N2O4S. The van der Waals surface area contributed by atoms with Crippen LogP contribution in [0.4, 0.5) is 4.79 Å². The number of carbonyl (C=O) groups excluding carboxylic acids is 2. The van der Waals surface area contributed by atoms with E-state index in [4.69, 9.17) is 0 Å². The predicted octanol–water partition coefficient (Wildman–Crippen LogP) is 1.47. The largest absolute Gasteiger partial charge is 0.326 e. The van der Waals surface area contributed by atoms with Crippen LogP contribution in [0.2, 0.25) is 0 Å². The Morgan fingerprint density at radius 3 is 2.36 bits per heavy atom. The second-order valence-electron chi connectivity index (χ2n) is 5.97. The average molecular weight is 324 g/mol. The monoisotopic (exact) mass is 324 g/mol. The Kier molecular flexibility index (Phi) is 4.28. The van der Waals surface area contributed by atoms with Crippen LogP contribution >= 0.6 is 0 Å². The van der Waals surface area contributed by atoms with Crippen molar-refractivity contribution >= 4 is 21.8 Å². The maximum absolute atomic E-state index is 12.2. The number of benzene rings is 1. The van der Waals surface area contributed by atoms with Gasteiger partial charge in [-0.1, -0.05) is 26.0 Å². The number of nitrogens with zero attached hydrogens (tertiary/aromatic N) is 1. The molecule has 0 bridgehead atoms. The molecule has 1 N–H and O–H groups in total. The number of imide groups is 1. The summed E-state index contributed by atoms with van der Waals surface area (Å²) in [7, 11) is -3.28. The van der Waals surface area contributed by atoms with E-state index in [-0.39, 0.29) is 23.3 Å². The zero-order chi connectivity index (χ0) is 16.7. The summed E-state index contributed by atoms with van der Waals surface area (Å²) in [4.78, 5) is 25.6. The molecule has 1 aliphatic rings. The molecule has 120 valence electrons. The van der Waals surface area contributed by atoms with Gasteiger partial charge in [0, 0.05) is 6.26 Å². The first kappa shape index (κ1) is 16.5. The van der Waals surface area contributed by atoms with E-state index in [1.807, 2.05) is 13.8 Å². The van der Waals surface area contributed by atoms with Gasteiger partial charge in [-0.15, -0.1) is 0 Å². The van der Waals surface area contributed by atoms with Crippen LogP contribution in [-0.4, -0.2) is 37.6 Å². The highest BCUT2D eigenvalue weighted by atomic mass is 32.2. The fourth-order valence-corrected chi connectivity index (χ4v) is 3.51. The van der Waals surface area contributed by atoms with E-state index in [0.717, 1.165) is 11.8 Å². The molecule has 0 radical (unpaired) electrons. The Morgan fingerprint density at radius 2 is 1.91 bits per heavy atom. The van der Waals surface area contributed by atoms with Gasteiger partial charge in [-0.05, 0) is 30.0 Å². The Hall–Kier alpha value is -1.89. The number of hydrogen-bond acceptors (Lipinski definition) is 4. The highest BCUT2D eigenvalue weighted by Crippen LogP contribution is 2.20. The summed E-state index contributed by atoms with van der Waals surface area (Å²) in [5, 5.41) is 2.67. The van der Waals surface area contributed by atoms with Crippen molar-refractivity contribution < 1.29 is 18.0 Å². The fraction of sp³-hybridized carbons (Fsp3) is 0.467. The molecule has 7 heteroatoms. The molecular weight excluding hydrogens is 304 g/mol. The molecule has 0 aromatic heterocycles. The molecule has 1 aliphatic heterocycles. The van der Waals surface area contributed by atoms with Gasteiger partial charge in [0.2, 0.25) is 0 Å². The molecule has 0 aliphatic carbocycles. The molecule has 1 heterocycles. The molecule has 1 saturated heterocycles. The topological polar surface area (TPSA) is 83.6 Å². The third-order valence-electron chi connectivity index (χ3n) is 3.70. The molecule has 0 saturated carbocycles. The van der Waals surface area contributed by atoms with Crippen LogP contribution in [0.25, 0.3) is 0 Å². The SMILES string of the molecule is Cc1cc(CN2C(=O)NC(C(C)C)C2=O)ccc1S(C)(=O)=O. The van der Waals surface area contributed by atoms with Crippen LogP contribution in [-0.2, 0) is 21.2 Å². The van der Waals surface area contributed by atoms with Crippen molar-refractivity contribution in [3.8, 4) is 0 Å². The van der Waals surface area contributed by atoms with E-state index in [9.17, 15) is 18.0 Å². The summed E-state index contributed by atoms with van der Waals surface area (Å²) in [5.41, 5.74) is 1.32. The van der Waals surface area contributed by atoms with Crippen molar-refractivity contribution in [2.45, 2.75) is 38.3 Å². The lowest BCUT2D eigenvalue weighted by atomic mass is 10.0. The van der Waals surface area contributed by atoms with Crippen LogP contribution in [0, 0.1) is 12.8 Å². The number of sulfone groups is 1. The minimum atomic E-state index is -3.28. The number of nitrogens with one attached hydrogen (secondary N) is 1. The van der Waals surface area contributed by atoms with Gasteiger partial charge in [0.15, 0.2) is 9.84 Å². The second kappa shape index (κ2) is 5.72. The van der Waals surface area contributed by atoms with Gasteiger partial charge in [-0.3, -0.25) is 9.69 Å². The van der Waals surface area contributed by atoms with Crippen molar-refractivity contribution in [1.82, 2.24) is 10.2 Å². The van der Waals surface area contributed by atoms with Gasteiger partial charge in [0.1, 0.15) is 6.04 Å². The summed E-state index contributed by atoms with van der Waals surface area (Å²) in [6.45, 7) is 5.58. The first-order valence-corrected chi connectivity index (χ1v) is 8.92. The van der Waals surface area contributed by atoms with E-state index in [1.54, 1.807) is 19.1 Å². The molecule has 3 amide bonds. The lowest BCUT2D eigenvalue weighted by Gasteiger charge is -2.15. The molecule has 0 spiro atoms. The minimum Gasteiger partial charge on any atom is -0.326 e. The standard InChI is InChI=1S/C15H20N2O4S/c1-9(2)13-14(18)17(15(19)16-13)8-11-5-6-12(10(3)7-11)22(4,20)21/h5-7,9,13H,8H2,1-4H3,(H,16,19). The first-order valence-electron chi connectivity index (χ1n) is 7.02. The quantitative estimate of drug-likeness (QED) is 0.850. The van der Waals surface area contributed by atoms with Gasteiger partial charge in [0.05, 0.1) is 11.4 Å². The van der Waals surface area contributed by atoms with Crippen molar-refractivity contribution in [2.24, 2.45) is 5.92 Å². The molecule has 1 unspecified atom stereocenters. The Bertz CT molecular complexity index is 725. The van der Waals surface area contributed by atoms with Crippen molar-refractivity contribution in [3.63, 3.8) is 0 Å². The Morgan fingerprint density at radius 1 is 1.27 bits per heavy atom. The van der Waals surface area contributed by atoms with Gasteiger partial charge >= 0.3 is 6.03 Å². The summed E-state index contributed by atoms with van der Waals surface area (Å²) in [6.07, 6.45) is 1.15. The highest BCUT2D eigenvalue weighted by Gasteiger charge is 2.39. The molecule has 1 atom stereocenters. The van der Waals surface area contributed by atoms with E-state index in [2.05, 4.69) is 5.32 Å². The van der Waals surface area contributed by atoms with E-state index in [0.29, 0.717) is 5.56 Å². The zero-order valence-corrected chi connectivity index (χ0v) is 13.9. The second-order valence-corrected chi connectivity index (χ2v) is 7.95. The van der Waals surface area contributed by atoms with Crippen LogP contribution in [0.5, 0.6) is 0 Å². The minimum absolute atomic E-state index is 0.0239. The number of amides is 3. The van der Waals surface area contributed by atoms with Crippen molar-refractivity contribution in [1.29, 1.82) is 0 Å². The number of aryl methyl sites for hydroxylation is 1. The normalized spacial score (nSPS) is 19.0. The summed E-state index contributed by atoms with van der Waals surface area (Å²) in [5.74, 6) is -0.222. The molecule has 1 aromatic carbocycles. The van der Waals surface area contributed by atoms with Crippen LogP contribution < -0.4 is 5.32 Å². The summed E-state index contributed by atoms with van der Waals surface area (Å²) < 4.78 is 23.2. The third-order valence-corrected chi connectivity index (χ3v) is 4.96. The molecule has 22 heavy (non-hydrogen) atoms. The van der Waals surface area contributed by atoms with Gasteiger partial charge in [-0.25, -0.2) is 13.2 Å². The average Bonchev–Trinajstić information content (AvgIpc) is 2.65. The number of carbonyl (C=O) groups is 2. The fourth-order valence-electron chi connectivity index (χ4n) is 2.55. The highest BCUT2D eigenvalue weighted by molar-refractivity contribution is 7.90. The van der Waals surface area contributed by atoms with Gasteiger partial charge in [0.25, 0.3) is 5.91 Å². The van der Waals surface area contributed by atoms with Crippen LogP contribution in [0.3, 0.4) is 0 Å². The third kappa shape index (κ3) is 3.14. The number of urea groups is 1. The van der Waals surface area contributed by atoms with E-state index >= 15 is 0 Å². The van der Waals surface area contributed by atoms with Gasteiger partial charge < -0.3 is 5.32 Å². The number of rotatable bonds is 4. The summed E-state index contributed by atoms with van der Waals surface area (Å²) in [6, 6.07) is 3.93. The van der Waals surface area contributed by atoms with Crippen LogP contribution in [0.1, 0.15) is 25.0 Å². The Balaban J connectivity index is 2.23. The van der Waals surface area contributed by atoms with Crippen molar-refractivity contribution in [3.05, 3.63) is 29.3 Å². The lowest BCUT2D eigenvalue weighted by molar-refractivity contribution is -0.128. The number of hydrogen-bond donors (Lipinski definition) is 1. The van der Waals surface area contributed by atoms with Crippen molar-refractivity contribution in [2.75, 3.05) is 6.26 Å². The molecule has 6 nitrogen and oxygen atoms in total. The molecule has 2 rings (SSSR count). The van der Waals surface area contributed by atoms with Gasteiger partial charge in [-0.2, -0.15) is 0 Å².